The van der Waals surface area contributed by atoms with E-state index in [-0.39, 0.29) is 29.3 Å². The van der Waals surface area contributed by atoms with E-state index in [0.29, 0.717) is 5.70 Å². The lowest BCUT2D eigenvalue weighted by atomic mass is 9.91. The van der Waals surface area contributed by atoms with Gasteiger partial charge in [0.1, 0.15) is 5.82 Å². The average molecular weight is 377 g/mol. The van der Waals surface area contributed by atoms with Crippen LogP contribution < -0.4 is 27.4 Å². The van der Waals surface area contributed by atoms with Crippen LogP contribution in [0.25, 0.3) is 0 Å². The summed E-state index contributed by atoms with van der Waals surface area (Å²) >= 11 is 0. The highest BCUT2D eigenvalue weighted by Crippen LogP contribution is 2.25. The molecule has 1 fully saturated rings. The van der Waals surface area contributed by atoms with E-state index < -0.39 is 18.1 Å². The van der Waals surface area contributed by atoms with E-state index in [0.717, 1.165) is 31.7 Å². The first-order valence-corrected chi connectivity index (χ1v) is 8.79. The van der Waals surface area contributed by atoms with Crippen LogP contribution in [-0.2, 0) is 4.74 Å². The van der Waals surface area contributed by atoms with Gasteiger partial charge in [0, 0.05) is 25.4 Å². The van der Waals surface area contributed by atoms with Crippen molar-refractivity contribution in [1.29, 1.82) is 0 Å². The molecule has 7 N–H and O–H groups in total. The summed E-state index contributed by atoms with van der Waals surface area (Å²) in [7, 11) is 1.52. The van der Waals surface area contributed by atoms with Crippen LogP contribution in [-0.4, -0.2) is 42.7 Å². The molecular formula is C17H24FN7O2. The zero-order valence-corrected chi connectivity index (χ0v) is 15.0. The molecule has 10 heteroatoms. The lowest BCUT2D eigenvalue weighted by Gasteiger charge is -2.30. The van der Waals surface area contributed by atoms with Gasteiger partial charge in [0.15, 0.2) is 11.6 Å². The molecule has 3 rings (SSSR count). The zero-order valence-electron chi connectivity index (χ0n) is 15.0. The number of carbonyl (C=O) groups excluding carboxylic acids is 1. The van der Waals surface area contributed by atoms with Crippen LogP contribution in [0.1, 0.15) is 36.0 Å². The maximum Gasteiger partial charge on any atom is 0.252 e. The molecule has 0 saturated heterocycles. The molecule has 1 amide bonds. The van der Waals surface area contributed by atoms with Crippen LogP contribution in [0.2, 0.25) is 0 Å². The molecular weight excluding hydrogens is 353 g/mol. The van der Waals surface area contributed by atoms with Gasteiger partial charge >= 0.3 is 0 Å². The van der Waals surface area contributed by atoms with Crippen molar-refractivity contribution in [2.45, 2.75) is 44.1 Å². The smallest absolute Gasteiger partial charge is 0.252 e. The number of allylic oxidation sites excluding steroid dienone is 1. The van der Waals surface area contributed by atoms with Gasteiger partial charge in [-0.25, -0.2) is 14.4 Å². The van der Waals surface area contributed by atoms with Crippen molar-refractivity contribution in [2.75, 3.05) is 17.7 Å². The molecule has 1 aromatic heterocycles. The summed E-state index contributed by atoms with van der Waals surface area (Å²) in [6.45, 7) is 0. The normalized spacial score (nSPS) is 24.7. The van der Waals surface area contributed by atoms with Gasteiger partial charge in [-0.2, -0.15) is 0 Å². The van der Waals surface area contributed by atoms with Crippen molar-refractivity contribution >= 4 is 23.8 Å². The maximum absolute atomic E-state index is 14.5. The largest absolute Gasteiger partial charge is 0.365 e. The van der Waals surface area contributed by atoms with Gasteiger partial charge < -0.3 is 32.2 Å². The molecule has 1 aromatic rings. The van der Waals surface area contributed by atoms with Crippen molar-refractivity contribution in [2.24, 2.45) is 16.5 Å². The number of aromatic nitrogens is 1. The van der Waals surface area contributed by atoms with Crippen LogP contribution >= 0.6 is 0 Å². The predicted octanol–water partition coefficient (Wildman–Crippen LogP) is 0.859. The number of nitrogens with two attached hydrogens (primary N) is 2. The van der Waals surface area contributed by atoms with E-state index in [4.69, 9.17) is 16.2 Å². The van der Waals surface area contributed by atoms with Crippen LogP contribution in [0.5, 0.6) is 0 Å². The third-order valence-electron chi connectivity index (χ3n) is 4.60. The number of aliphatic imine (C=N–C) groups is 1. The SMILES string of the molecule is COC1N=CC(Nc2nc(N[C@@H]3CCCCC3N)c(F)cc2C(N)=O)=CN1. The number of amides is 1. The van der Waals surface area contributed by atoms with Gasteiger partial charge in [-0.3, -0.25) is 4.79 Å². The highest BCUT2D eigenvalue weighted by molar-refractivity contribution is 5.99. The maximum atomic E-state index is 14.5. The second-order valence-corrected chi connectivity index (χ2v) is 6.54. The molecule has 0 aromatic carbocycles. The van der Waals surface area contributed by atoms with Crippen molar-refractivity contribution in [3.8, 4) is 0 Å². The first-order chi connectivity index (χ1) is 13.0. The summed E-state index contributed by atoms with van der Waals surface area (Å²) in [5.74, 6) is -1.29. The molecule has 2 heterocycles. The molecule has 1 aliphatic carbocycles. The fourth-order valence-electron chi connectivity index (χ4n) is 3.11. The molecule has 2 unspecified atom stereocenters. The number of methoxy groups -OCH3 is 1. The molecule has 1 aliphatic heterocycles. The van der Waals surface area contributed by atoms with Crippen molar-refractivity contribution < 1.29 is 13.9 Å². The van der Waals surface area contributed by atoms with Crippen LogP contribution in [0.15, 0.2) is 23.0 Å². The second-order valence-electron chi connectivity index (χ2n) is 6.54. The van der Waals surface area contributed by atoms with Crippen molar-refractivity contribution in [1.82, 2.24) is 10.3 Å². The highest BCUT2D eigenvalue weighted by Gasteiger charge is 2.24. The predicted molar refractivity (Wildman–Crippen MR) is 101 cm³/mol. The van der Waals surface area contributed by atoms with Crippen LogP contribution in [0.4, 0.5) is 16.0 Å². The quantitative estimate of drug-likeness (QED) is 0.495. The minimum Gasteiger partial charge on any atom is -0.365 e. The molecule has 2 aliphatic rings. The third kappa shape index (κ3) is 4.52. The summed E-state index contributed by atoms with van der Waals surface area (Å²) in [5, 5.41) is 8.89. The Bertz CT molecular complexity index is 768. The molecule has 1 saturated carbocycles. The number of halogens is 1. The van der Waals surface area contributed by atoms with Gasteiger partial charge in [-0.05, 0) is 18.9 Å². The Balaban J connectivity index is 1.84. The summed E-state index contributed by atoms with van der Waals surface area (Å²) in [6.07, 6.45) is 6.43. The molecule has 0 spiro atoms. The zero-order chi connectivity index (χ0) is 19.4. The fraction of sp³-hybridized carbons (Fsp3) is 0.471. The number of rotatable bonds is 6. The van der Waals surface area contributed by atoms with Gasteiger partial charge in [0.05, 0.1) is 17.5 Å². The summed E-state index contributed by atoms with van der Waals surface area (Å²) in [4.78, 5) is 20.1. The number of anilines is 2. The number of primary amides is 1. The topological polar surface area (TPSA) is 140 Å². The Morgan fingerprint density at radius 3 is 2.78 bits per heavy atom. The molecule has 27 heavy (non-hydrogen) atoms. The number of nitrogens with zero attached hydrogens (tertiary/aromatic N) is 2. The second kappa shape index (κ2) is 8.31. The molecule has 0 bridgehead atoms. The van der Waals surface area contributed by atoms with E-state index >= 15 is 0 Å². The van der Waals surface area contributed by atoms with Gasteiger partial charge in [0.2, 0.25) is 6.35 Å². The van der Waals surface area contributed by atoms with E-state index in [9.17, 15) is 9.18 Å². The Kier molecular flexibility index (Phi) is 5.87. The van der Waals surface area contributed by atoms with Gasteiger partial charge in [-0.1, -0.05) is 12.8 Å². The number of carbonyl (C=O) groups is 1. The minimum absolute atomic E-state index is 0.0286. The lowest BCUT2D eigenvalue weighted by molar-refractivity contribution is 0.0928. The van der Waals surface area contributed by atoms with E-state index in [2.05, 4.69) is 25.9 Å². The third-order valence-corrected chi connectivity index (χ3v) is 4.60. The van der Waals surface area contributed by atoms with Gasteiger partial charge in [0.25, 0.3) is 5.91 Å². The Morgan fingerprint density at radius 1 is 1.37 bits per heavy atom. The summed E-state index contributed by atoms with van der Waals surface area (Å²) in [6, 6.07) is 0.920. The average Bonchev–Trinajstić information content (AvgIpc) is 2.66. The van der Waals surface area contributed by atoms with Crippen LogP contribution in [0, 0.1) is 5.82 Å². The minimum atomic E-state index is -0.791. The monoisotopic (exact) mass is 377 g/mol. The Hall–Kier alpha value is -2.72. The summed E-state index contributed by atoms with van der Waals surface area (Å²) < 4.78 is 19.5. The number of nitrogens with one attached hydrogen (secondary N) is 3. The standard InChI is InChI=1S/C17H24FN7O2/c1-27-17-21-7-9(8-22-17)23-15-10(14(20)26)6-11(18)16(25-15)24-13-5-3-2-4-12(13)19/h6-8,12-13,17,21H,2-5,19H2,1H3,(H2,20,26)(H2,23,24,25)/t12?,13-,17?/m1/s1. The first kappa shape index (κ1) is 19.1. The molecule has 146 valence electrons. The van der Waals surface area contributed by atoms with Crippen molar-refractivity contribution in [3.05, 3.63) is 29.3 Å². The fourth-order valence-corrected chi connectivity index (χ4v) is 3.11. The van der Waals surface area contributed by atoms with E-state index in [1.807, 2.05) is 0 Å². The highest BCUT2D eigenvalue weighted by atomic mass is 19.1. The van der Waals surface area contributed by atoms with Crippen molar-refractivity contribution in [3.63, 3.8) is 0 Å². The summed E-state index contributed by atoms with van der Waals surface area (Å²) in [5.41, 5.74) is 12.0. The first-order valence-electron chi connectivity index (χ1n) is 8.79. The Morgan fingerprint density at radius 2 is 2.15 bits per heavy atom. The van der Waals surface area contributed by atoms with E-state index in [1.54, 1.807) is 6.20 Å². The van der Waals surface area contributed by atoms with E-state index in [1.165, 1.54) is 13.3 Å². The number of hydrogen-bond acceptors (Lipinski definition) is 8. The molecule has 0 radical (unpaired) electrons. The number of pyridine rings is 1. The number of hydrogen-bond donors (Lipinski definition) is 5. The Labute approximate surface area is 156 Å². The lowest BCUT2D eigenvalue weighted by Crippen LogP contribution is -2.43. The molecule has 9 nitrogen and oxygen atoms in total. The number of ether oxygens (including phenoxy) is 1. The van der Waals surface area contributed by atoms with Crippen LogP contribution in [0.3, 0.4) is 0 Å². The molecule has 3 atom stereocenters. The van der Waals surface area contributed by atoms with Gasteiger partial charge in [-0.15, -0.1) is 0 Å².